The Morgan fingerprint density at radius 3 is 2.35 bits per heavy atom. The summed E-state index contributed by atoms with van der Waals surface area (Å²) < 4.78 is 45.6. The Balaban J connectivity index is 0.00000506. The van der Waals surface area contributed by atoms with Gasteiger partial charge in [-0.05, 0) is 96.4 Å². The summed E-state index contributed by atoms with van der Waals surface area (Å²) in [6.45, 7) is 4.86. The summed E-state index contributed by atoms with van der Waals surface area (Å²) in [6, 6.07) is 9.71. The minimum atomic E-state index is -4.58. The Kier molecular flexibility index (Phi) is 11.9. The van der Waals surface area contributed by atoms with Crippen LogP contribution in [-0.2, 0) is 55.2 Å². The van der Waals surface area contributed by atoms with E-state index < -0.39 is 11.7 Å². The third-order valence-electron chi connectivity index (χ3n) is 7.55. The molecule has 0 unspecified atom stereocenters. The van der Waals surface area contributed by atoms with Crippen LogP contribution in [0.4, 0.5) is 19.1 Å². The lowest BCUT2D eigenvalue weighted by atomic mass is 9.98. The number of tetrazole rings is 1. The first-order chi connectivity index (χ1) is 20.1. The number of fused-ring (bicyclic) bond motifs is 1. The maximum atomic E-state index is 13.6. The fourth-order valence-electron chi connectivity index (χ4n) is 5.35. The van der Waals surface area contributed by atoms with E-state index in [9.17, 15) is 23.2 Å². The van der Waals surface area contributed by atoms with Crippen LogP contribution in [0, 0.1) is 11.3 Å². The number of nitriles is 1. The number of ether oxygens (including phenoxy) is 1. The van der Waals surface area contributed by atoms with E-state index in [1.165, 1.54) is 29.1 Å². The molecule has 0 saturated heterocycles. The summed E-state index contributed by atoms with van der Waals surface area (Å²) in [6.07, 6.45) is 0.496. The minimum Gasteiger partial charge on any atom is -0.469 e. The monoisotopic (exact) mass is 619 g/mol. The predicted molar refractivity (Wildman–Crippen MR) is 157 cm³/mol. The number of nitrogens with zero attached hydrogens (tertiary/aromatic N) is 7. The average molecular weight is 620 g/mol. The number of aromatic nitrogens is 4. The van der Waals surface area contributed by atoms with Crippen LogP contribution in [0.2, 0.25) is 0 Å². The summed E-state index contributed by atoms with van der Waals surface area (Å²) in [5.74, 6) is 0.0781. The molecule has 4 rings (SSSR count). The van der Waals surface area contributed by atoms with E-state index in [1.54, 1.807) is 11.9 Å². The van der Waals surface area contributed by atoms with E-state index in [-0.39, 0.29) is 36.4 Å². The second kappa shape index (κ2) is 15.2. The van der Waals surface area contributed by atoms with Gasteiger partial charge in [0.05, 0.1) is 31.4 Å². The third kappa shape index (κ3) is 9.15. The predicted octanol–water partition coefficient (Wildman–Crippen LogP) is 5.38. The molecule has 1 aliphatic rings. The van der Waals surface area contributed by atoms with Crippen molar-refractivity contribution >= 4 is 24.3 Å². The average Bonchev–Trinajstić information content (AvgIpc) is 3.61. The number of hydrogen-bond donors (Lipinski definition) is 0. The van der Waals surface area contributed by atoms with Crippen molar-refractivity contribution in [2.45, 2.75) is 71.3 Å². The van der Waals surface area contributed by atoms with Crippen LogP contribution >= 0.6 is 12.4 Å². The smallest absolute Gasteiger partial charge is 0.416 e. The summed E-state index contributed by atoms with van der Waals surface area (Å²) in [7, 11) is 3.03. The Morgan fingerprint density at radius 1 is 1.07 bits per heavy atom. The molecule has 0 spiro atoms. The van der Waals surface area contributed by atoms with Crippen molar-refractivity contribution in [3.63, 3.8) is 0 Å². The maximum Gasteiger partial charge on any atom is 0.416 e. The van der Waals surface area contributed by atoms with Crippen molar-refractivity contribution in [2.24, 2.45) is 7.05 Å². The summed E-state index contributed by atoms with van der Waals surface area (Å²) in [4.78, 5) is 16.9. The van der Waals surface area contributed by atoms with Gasteiger partial charge in [0, 0.05) is 26.1 Å². The van der Waals surface area contributed by atoms with Crippen molar-refractivity contribution in [2.75, 3.05) is 25.1 Å². The number of anilines is 1. The molecule has 43 heavy (non-hydrogen) atoms. The first kappa shape index (κ1) is 33.8. The van der Waals surface area contributed by atoms with Crippen molar-refractivity contribution < 1.29 is 22.7 Å². The lowest BCUT2D eigenvalue weighted by Gasteiger charge is -2.26. The summed E-state index contributed by atoms with van der Waals surface area (Å²) in [5, 5.41) is 21.9. The van der Waals surface area contributed by atoms with Gasteiger partial charge in [-0.15, -0.1) is 17.5 Å². The van der Waals surface area contributed by atoms with Crippen molar-refractivity contribution in [3.05, 3.63) is 69.3 Å². The van der Waals surface area contributed by atoms with Gasteiger partial charge in [-0.2, -0.15) is 23.2 Å². The minimum absolute atomic E-state index is 0. The highest BCUT2D eigenvalue weighted by Gasteiger charge is 2.31. The zero-order chi connectivity index (χ0) is 30.3. The number of carbonyl (C=O) groups excluding carboxylic acids is 1. The summed E-state index contributed by atoms with van der Waals surface area (Å²) in [5.41, 5.74) is 4.20. The highest BCUT2D eigenvalue weighted by Crippen LogP contribution is 2.32. The van der Waals surface area contributed by atoms with Crippen LogP contribution in [0.25, 0.3) is 0 Å². The van der Waals surface area contributed by atoms with E-state index in [0.29, 0.717) is 25.1 Å². The van der Waals surface area contributed by atoms with E-state index in [1.807, 2.05) is 6.07 Å². The van der Waals surface area contributed by atoms with E-state index >= 15 is 0 Å². The quantitative estimate of drug-likeness (QED) is 0.186. The molecule has 0 amide bonds. The maximum absolute atomic E-state index is 13.6. The molecule has 9 nitrogen and oxygen atoms in total. The Morgan fingerprint density at radius 2 is 1.77 bits per heavy atom. The molecule has 13 heteroatoms. The number of alkyl halides is 3. The van der Waals surface area contributed by atoms with Gasteiger partial charge in [-0.3, -0.25) is 9.69 Å². The molecule has 0 atom stereocenters. The second-order valence-corrected chi connectivity index (χ2v) is 10.6. The van der Waals surface area contributed by atoms with Crippen LogP contribution in [-0.4, -0.2) is 51.3 Å². The summed E-state index contributed by atoms with van der Waals surface area (Å²) >= 11 is 0. The molecule has 0 radical (unpaired) electrons. The molecule has 0 saturated carbocycles. The van der Waals surface area contributed by atoms with Gasteiger partial charge < -0.3 is 9.64 Å². The first-order valence-corrected chi connectivity index (χ1v) is 14.1. The zero-order valence-corrected chi connectivity index (χ0v) is 25.5. The van der Waals surface area contributed by atoms with Crippen LogP contribution in [0.5, 0.6) is 0 Å². The Bertz CT molecular complexity index is 1440. The lowest BCUT2D eigenvalue weighted by Crippen LogP contribution is -2.28. The van der Waals surface area contributed by atoms with Crippen molar-refractivity contribution in [3.8, 4) is 6.07 Å². The van der Waals surface area contributed by atoms with Gasteiger partial charge >= 0.3 is 12.1 Å². The third-order valence-corrected chi connectivity index (χ3v) is 7.55. The molecule has 3 aromatic rings. The van der Waals surface area contributed by atoms with Gasteiger partial charge in [0.2, 0.25) is 0 Å². The Labute approximate surface area is 256 Å². The van der Waals surface area contributed by atoms with Crippen LogP contribution in [0.15, 0.2) is 30.3 Å². The molecular formula is C30H37ClF3N7O2. The first-order valence-electron chi connectivity index (χ1n) is 14.1. The standard InChI is InChI=1S/C30H36F3N7O2.ClH/c1-4-39(11-6-5-10-28(41)42-3)19-25-15-23-8-7-9-24(23)16-26(25)20-40(29-35-37-38(2)36-29)18-22-12-21(17-34)13-27(14-22)30(31,32)33;/h12-16H,4-11,18-20H2,1-3H3;1H. The number of aryl methyl sites for hydroxylation is 3. The molecule has 0 N–H and O–H groups in total. The largest absolute Gasteiger partial charge is 0.469 e. The zero-order valence-electron chi connectivity index (χ0n) is 24.7. The molecule has 1 aromatic heterocycles. The number of esters is 1. The number of methoxy groups -OCH3 is 1. The van der Waals surface area contributed by atoms with Gasteiger partial charge in [0.25, 0.3) is 5.95 Å². The number of rotatable bonds is 13. The number of unbranched alkanes of at least 4 members (excludes halogenated alkanes) is 1. The topological polar surface area (TPSA) is 100 Å². The van der Waals surface area contributed by atoms with Gasteiger partial charge in [0.1, 0.15) is 0 Å². The van der Waals surface area contributed by atoms with E-state index in [0.717, 1.165) is 68.5 Å². The van der Waals surface area contributed by atoms with Crippen LogP contribution in [0.1, 0.15) is 71.6 Å². The number of hydrogen-bond acceptors (Lipinski definition) is 8. The Hall–Kier alpha value is -3.69. The fourth-order valence-corrected chi connectivity index (χ4v) is 5.35. The highest BCUT2D eigenvalue weighted by atomic mass is 35.5. The number of halogens is 4. The molecule has 0 fully saturated rings. The van der Waals surface area contributed by atoms with Gasteiger partial charge in [0.15, 0.2) is 0 Å². The molecule has 0 aliphatic heterocycles. The van der Waals surface area contributed by atoms with Crippen molar-refractivity contribution in [1.29, 1.82) is 5.26 Å². The van der Waals surface area contributed by atoms with E-state index in [2.05, 4.69) is 39.4 Å². The van der Waals surface area contributed by atoms with E-state index in [4.69, 9.17) is 4.74 Å². The van der Waals surface area contributed by atoms with Gasteiger partial charge in [-0.25, -0.2) is 0 Å². The molecule has 1 aliphatic carbocycles. The van der Waals surface area contributed by atoms with Crippen LogP contribution in [0.3, 0.4) is 0 Å². The van der Waals surface area contributed by atoms with Crippen LogP contribution < -0.4 is 4.90 Å². The highest BCUT2D eigenvalue weighted by molar-refractivity contribution is 5.85. The molecule has 1 heterocycles. The fraction of sp³-hybridized carbons (Fsp3) is 0.500. The molecule has 0 bridgehead atoms. The number of benzene rings is 2. The molecule has 232 valence electrons. The van der Waals surface area contributed by atoms with Gasteiger partial charge in [-0.1, -0.05) is 24.2 Å². The normalized spacial score (nSPS) is 12.5. The second-order valence-electron chi connectivity index (χ2n) is 10.6. The molecule has 2 aromatic carbocycles. The van der Waals surface area contributed by atoms with Crippen molar-refractivity contribution in [1.82, 2.24) is 25.1 Å². The molecular weight excluding hydrogens is 583 g/mol. The number of carbonyl (C=O) groups is 1. The SMILES string of the molecule is CCN(CCCCC(=O)OC)Cc1cc2c(cc1CN(Cc1cc(C#N)cc(C(F)(F)F)c1)c1nnn(C)n1)CCC2.Cl. The lowest BCUT2D eigenvalue weighted by molar-refractivity contribution is -0.140.